The lowest BCUT2D eigenvalue weighted by atomic mass is 10.1. The van der Waals surface area contributed by atoms with Crippen LogP contribution in [0.2, 0.25) is 0 Å². The second kappa shape index (κ2) is 10.3. The number of nitrogens with zero attached hydrogens (tertiary/aromatic N) is 7. The third-order valence-electron chi connectivity index (χ3n) is 5.43. The van der Waals surface area contributed by atoms with Crippen molar-refractivity contribution in [2.24, 2.45) is 5.73 Å². The summed E-state index contributed by atoms with van der Waals surface area (Å²) in [6.07, 6.45) is 0.876. The molecule has 1 aliphatic heterocycles. The number of morpholine rings is 1. The third kappa shape index (κ3) is 5.70. The SMILES string of the molecule is COc1cccc(CCc2nc(C(N)=O)cc(-c3nnn(C[C@@H]4CN(C(C)=O)CCO4)n3)n2)c1. The molecule has 3 heterocycles. The summed E-state index contributed by atoms with van der Waals surface area (Å²) in [4.78, 5) is 35.4. The van der Waals surface area contributed by atoms with Gasteiger partial charge in [-0.05, 0) is 35.4 Å². The van der Waals surface area contributed by atoms with Crippen LogP contribution in [0.5, 0.6) is 5.75 Å². The van der Waals surface area contributed by atoms with Crippen LogP contribution in [-0.4, -0.2) is 79.8 Å². The molecular formula is C22H26N8O4. The quantitative estimate of drug-likeness (QED) is 0.493. The minimum absolute atomic E-state index is 0.00183. The van der Waals surface area contributed by atoms with Crippen molar-refractivity contribution in [2.75, 3.05) is 26.8 Å². The smallest absolute Gasteiger partial charge is 0.267 e. The van der Waals surface area contributed by atoms with Crippen molar-refractivity contribution >= 4 is 11.8 Å². The highest BCUT2D eigenvalue weighted by Gasteiger charge is 2.24. The van der Waals surface area contributed by atoms with Crippen molar-refractivity contribution in [3.8, 4) is 17.3 Å². The van der Waals surface area contributed by atoms with Gasteiger partial charge in [0.05, 0.1) is 26.4 Å². The Morgan fingerprint density at radius 1 is 1.24 bits per heavy atom. The molecule has 4 rings (SSSR count). The summed E-state index contributed by atoms with van der Waals surface area (Å²) in [5.41, 5.74) is 6.96. The maximum Gasteiger partial charge on any atom is 0.267 e. The zero-order valence-electron chi connectivity index (χ0n) is 19.0. The Balaban J connectivity index is 1.50. The van der Waals surface area contributed by atoms with Crippen LogP contribution < -0.4 is 10.5 Å². The van der Waals surface area contributed by atoms with Crippen molar-refractivity contribution in [1.82, 2.24) is 35.1 Å². The maximum absolute atomic E-state index is 11.9. The van der Waals surface area contributed by atoms with Crippen LogP contribution in [-0.2, 0) is 28.9 Å². The standard InChI is InChI=1S/C22H26N8O4/c1-14(31)29-8-9-34-17(12-29)13-30-27-22(26-28-30)19-11-18(21(23)32)24-20(25-19)7-6-15-4-3-5-16(10-15)33-2/h3-5,10-11,17H,6-9,12-13H2,1-2H3,(H2,23,32)/t17-/m0/s1. The zero-order valence-corrected chi connectivity index (χ0v) is 19.0. The molecule has 0 bridgehead atoms. The fraction of sp³-hybridized carbons (Fsp3) is 0.409. The number of carbonyl (C=O) groups is 2. The van der Waals surface area contributed by atoms with Gasteiger partial charge in [0.25, 0.3) is 5.91 Å². The average Bonchev–Trinajstić information content (AvgIpc) is 3.31. The number of aryl methyl sites for hydroxylation is 2. The van der Waals surface area contributed by atoms with Gasteiger partial charge in [-0.15, -0.1) is 10.2 Å². The molecule has 2 amide bonds. The molecule has 0 spiro atoms. The predicted octanol–water partition coefficient (Wildman–Crippen LogP) is 0.270. The average molecular weight is 467 g/mol. The van der Waals surface area contributed by atoms with E-state index in [-0.39, 0.29) is 23.5 Å². The third-order valence-corrected chi connectivity index (χ3v) is 5.43. The predicted molar refractivity (Wildman–Crippen MR) is 120 cm³/mol. The van der Waals surface area contributed by atoms with Gasteiger partial charge in [0.2, 0.25) is 11.7 Å². The van der Waals surface area contributed by atoms with Crippen molar-refractivity contribution in [3.63, 3.8) is 0 Å². The number of primary amides is 1. The second-order valence-electron chi connectivity index (χ2n) is 7.90. The van der Waals surface area contributed by atoms with Gasteiger partial charge in [-0.2, -0.15) is 4.80 Å². The first kappa shape index (κ1) is 23.2. The van der Waals surface area contributed by atoms with Crippen LogP contribution in [0.3, 0.4) is 0 Å². The number of aromatic nitrogens is 6. The lowest BCUT2D eigenvalue weighted by Gasteiger charge is -2.31. The van der Waals surface area contributed by atoms with Crippen molar-refractivity contribution < 1.29 is 19.1 Å². The van der Waals surface area contributed by atoms with E-state index in [9.17, 15) is 9.59 Å². The van der Waals surface area contributed by atoms with E-state index < -0.39 is 5.91 Å². The number of carbonyl (C=O) groups excluding carboxylic acids is 2. The molecule has 1 atom stereocenters. The molecule has 12 nitrogen and oxygen atoms in total. The van der Waals surface area contributed by atoms with E-state index in [4.69, 9.17) is 15.2 Å². The van der Waals surface area contributed by atoms with E-state index in [0.717, 1.165) is 11.3 Å². The molecular weight excluding hydrogens is 440 g/mol. The van der Waals surface area contributed by atoms with E-state index in [2.05, 4.69) is 25.4 Å². The maximum atomic E-state index is 11.9. The highest BCUT2D eigenvalue weighted by Crippen LogP contribution is 2.17. The normalized spacial score (nSPS) is 15.8. The number of hydrogen-bond acceptors (Lipinski definition) is 9. The molecule has 34 heavy (non-hydrogen) atoms. The largest absolute Gasteiger partial charge is 0.497 e. The van der Waals surface area contributed by atoms with Gasteiger partial charge in [0.1, 0.15) is 23.0 Å². The Labute approximate surface area is 196 Å². The molecule has 178 valence electrons. The molecule has 0 saturated carbocycles. The first-order valence-corrected chi connectivity index (χ1v) is 10.9. The zero-order chi connectivity index (χ0) is 24.1. The van der Waals surface area contributed by atoms with Gasteiger partial charge < -0.3 is 20.1 Å². The summed E-state index contributed by atoms with van der Waals surface area (Å²) in [6.45, 7) is 3.34. The first-order chi connectivity index (χ1) is 16.4. The summed E-state index contributed by atoms with van der Waals surface area (Å²) in [5.74, 6) is 0.782. The number of amides is 2. The number of hydrogen-bond donors (Lipinski definition) is 1. The Morgan fingerprint density at radius 3 is 2.85 bits per heavy atom. The minimum Gasteiger partial charge on any atom is -0.497 e. The fourth-order valence-electron chi connectivity index (χ4n) is 3.65. The molecule has 12 heteroatoms. The van der Waals surface area contributed by atoms with E-state index in [1.54, 1.807) is 12.0 Å². The van der Waals surface area contributed by atoms with E-state index in [1.807, 2.05) is 24.3 Å². The van der Waals surface area contributed by atoms with Crippen molar-refractivity contribution in [1.29, 1.82) is 0 Å². The van der Waals surface area contributed by atoms with E-state index in [0.29, 0.717) is 50.6 Å². The summed E-state index contributed by atoms with van der Waals surface area (Å²) in [5, 5.41) is 12.5. The second-order valence-corrected chi connectivity index (χ2v) is 7.90. The van der Waals surface area contributed by atoms with Crippen molar-refractivity contribution in [3.05, 3.63) is 47.4 Å². The van der Waals surface area contributed by atoms with E-state index in [1.165, 1.54) is 17.8 Å². The number of tetrazole rings is 1. The Hall–Kier alpha value is -3.93. The van der Waals surface area contributed by atoms with Gasteiger partial charge in [0, 0.05) is 26.4 Å². The molecule has 1 fully saturated rings. The summed E-state index contributed by atoms with van der Waals surface area (Å²) in [7, 11) is 1.62. The highest BCUT2D eigenvalue weighted by molar-refractivity contribution is 5.91. The molecule has 1 aromatic carbocycles. The van der Waals surface area contributed by atoms with Gasteiger partial charge in [-0.3, -0.25) is 9.59 Å². The van der Waals surface area contributed by atoms with Gasteiger partial charge in [0.15, 0.2) is 0 Å². The molecule has 0 aliphatic carbocycles. The number of methoxy groups -OCH3 is 1. The van der Waals surface area contributed by atoms with Gasteiger partial charge in [-0.25, -0.2) is 9.97 Å². The van der Waals surface area contributed by atoms with E-state index >= 15 is 0 Å². The molecule has 2 aromatic heterocycles. The monoisotopic (exact) mass is 466 g/mol. The topological polar surface area (TPSA) is 151 Å². The summed E-state index contributed by atoms with van der Waals surface area (Å²) < 4.78 is 11.0. The number of ether oxygens (including phenoxy) is 2. The van der Waals surface area contributed by atoms with Crippen LogP contribution >= 0.6 is 0 Å². The minimum atomic E-state index is -0.668. The Bertz CT molecular complexity index is 1180. The summed E-state index contributed by atoms with van der Waals surface area (Å²) >= 11 is 0. The number of benzene rings is 1. The van der Waals surface area contributed by atoms with Crippen LogP contribution in [0.4, 0.5) is 0 Å². The molecule has 3 aromatic rings. The van der Waals surface area contributed by atoms with Crippen LogP contribution in [0.15, 0.2) is 30.3 Å². The Morgan fingerprint density at radius 2 is 2.09 bits per heavy atom. The molecule has 1 saturated heterocycles. The number of nitrogens with two attached hydrogens (primary N) is 1. The fourth-order valence-corrected chi connectivity index (χ4v) is 3.65. The number of rotatable bonds is 8. The lowest BCUT2D eigenvalue weighted by molar-refractivity contribution is -0.137. The molecule has 1 aliphatic rings. The van der Waals surface area contributed by atoms with Crippen LogP contribution in [0, 0.1) is 0 Å². The highest BCUT2D eigenvalue weighted by atomic mass is 16.5. The first-order valence-electron chi connectivity index (χ1n) is 10.9. The Kier molecular flexibility index (Phi) is 7.07. The van der Waals surface area contributed by atoms with Gasteiger partial charge >= 0.3 is 0 Å². The van der Waals surface area contributed by atoms with Gasteiger partial charge in [-0.1, -0.05) is 12.1 Å². The summed E-state index contributed by atoms with van der Waals surface area (Å²) in [6, 6.07) is 9.15. The van der Waals surface area contributed by atoms with Crippen LogP contribution in [0.25, 0.3) is 11.5 Å². The lowest BCUT2D eigenvalue weighted by Crippen LogP contribution is -2.46. The molecule has 0 unspecified atom stereocenters. The molecule has 0 radical (unpaired) electrons. The van der Waals surface area contributed by atoms with Crippen molar-refractivity contribution in [2.45, 2.75) is 32.4 Å². The van der Waals surface area contributed by atoms with Crippen LogP contribution in [0.1, 0.15) is 28.8 Å². The molecule has 2 N–H and O–H groups in total.